The summed E-state index contributed by atoms with van der Waals surface area (Å²) in [5, 5.41) is 0. The van der Waals surface area contributed by atoms with Crippen LogP contribution in [-0.4, -0.2) is 18.1 Å². The molecule has 1 saturated heterocycles. The summed E-state index contributed by atoms with van der Waals surface area (Å²) in [6.07, 6.45) is 5.29. The van der Waals surface area contributed by atoms with Gasteiger partial charge in [-0.3, -0.25) is 4.79 Å². The lowest BCUT2D eigenvalue weighted by atomic mass is 9.87. The van der Waals surface area contributed by atoms with Crippen LogP contribution in [0.5, 0.6) is 0 Å². The molecule has 0 aromatic carbocycles. The molecular weight excluding hydrogens is 214 g/mol. The van der Waals surface area contributed by atoms with Gasteiger partial charge in [-0.05, 0) is 25.2 Å². The number of carbonyl (C=O) groups is 1. The van der Waals surface area contributed by atoms with Gasteiger partial charge in [0.25, 0.3) is 0 Å². The molecule has 1 rings (SSSR count). The maximum atomic E-state index is 11.3. The Bertz CT molecular complexity index is 302. The van der Waals surface area contributed by atoms with Gasteiger partial charge in [-0.1, -0.05) is 32.4 Å². The molecule has 1 heterocycles. The van der Waals surface area contributed by atoms with E-state index in [1.165, 1.54) is 5.57 Å². The lowest BCUT2D eigenvalue weighted by Gasteiger charge is -2.24. The van der Waals surface area contributed by atoms with Gasteiger partial charge in [-0.15, -0.1) is 0 Å². The van der Waals surface area contributed by atoms with Crippen LogP contribution in [0.4, 0.5) is 0 Å². The second-order valence-corrected chi connectivity index (χ2v) is 6.30. The van der Waals surface area contributed by atoms with E-state index in [9.17, 15) is 4.79 Å². The largest absolute Gasteiger partial charge is 0.462 e. The fraction of sp³-hybridized carbons (Fsp3) is 0.786. The predicted molar refractivity (Wildman–Crippen MR) is 69.5 cm³/mol. The highest BCUT2D eigenvalue weighted by Gasteiger charge is 2.21. The molecule has 0 saturated carbocycles. The van der Waals surface area contributed by atoms with Crippen molar-refractivity contribution < 1.29 is 9.53 Å². The number of rotatable bonds is 3. The van der Waals surface area contributed by atoms with Crippen molar-refractivity contribution in [2.45, 2.75) is 65.5 Å². The molecule has 0 aromatic rings. The van der Waals surface area contributed by atoms with Crippen molar-refractivity contribution >= 4 is 5.97 Å². The minimum absolute atomic E-state index is 0.0151. The van der Waals surface area contributed by atoms with Crippen molar-refractivity contribution in [2.75, 3.05) is 0 Å². The molecule has 2 atom stereocenters. The summed E-state index contributed by atoms with van der Waals surface area (Å²) in [4.78, 5) is 11.3. The smallest absolute Gasteiger partial charge is 0.310 e. The standard InChI is InChI=1S/C14H25NO2/c1-10-7-11(8-13(16)17-10)5-6-12(15)9-14(2,3)4/h5,10,12H,6-9,15H2,1-4H3/b11-5-. The minimum Gasteiger partial charge on any atom is -0.462 e. The maximum Gasteiger partial charge on any atom is 0.310 e. The van der Waals surface area contributed by atoms with E-state index in [-0.39, 0.29) is 23.5 Å². The van der Waals surface area contributed by atoms with E-state index in [0.717, 1.165) is 19.3 Å². The van der Waals surface area contributed by atoms with Gasteiger partial charge in [0.15, 0.2) is 0 Å². The molecule has 2 N–H and O–H groups in total. The monoisotopic (exact) mass is 239 g/mol. The van der Waals surface area contributed by atoms with Gasteiger partial charge in [0, 0.05) is 12.5 Å². The SMILES string of the molecule is CC1C/C(=C/CC(N)CC(C)(C)C)CC(=O)O1. The Labute approximate surface area is 104 Å². The fourth-order valence-corrected chi connectivity index (χ4v) is 2.28. The number of hydrogen-bond donors (Lipinski definition) is 1. The van der Waals surface area contributed by atoms with E-state index in [1.807, 2.05) is 6.92 Å². The Morgan fingerprint density at radius 1 is 1.53 bits per heavy atom. The van der Waals surface area contributed by atoms with Crippen LogP contribution in [0.25, 0.3) is 0 Å². The molecule has 0 aliphatic carbocycles. The Kier molecular flexibility index (Phi) is 4.75. The maximum absolute atomic E-state index is 11.3. The number of ether oxygens (including phenoxy) is 1. The Hall–Kier alpha value is -0.830. The third-order valence-corrected chi connectivity index (χ3v) is 2.84. The summed E-state index contributed by atoms with van der Waals surface area (Å²) in [6.45, 7) is 8.51. The number of carbonyl (C=O) groups excluding carboxylic acids is 1. The summed E-state index contributed by atoms with van der Waals surface area (Å²) in [7, 11) is 0. The quantitative estimate of drug-likeness (QED) is 0.608. The molecule has 2 unspecified atom stereocenters. The highest BCUT2D eigenvalue weighted by atomic mass is 16.5. The van der Waals surface area contributed by atoms with Gasteiger partial charge in [0.05, 0.1) is 6.42 Å². The van der Waals surface area contributed by atoms with E-state index in [4.69, 9.17) is 10.5 Å². The van der Waals surface area contributed by atoms with E-state index in [0.29, 0.717) is 6.42 Å². The van der Waals surface area contributed by atoms with Crippen LogP contribution in [-0.2, 0) is 9.53 Å². The van der Waals surface area contributed by atoms with Crippen molar-refractivity contribution in [3.8, 4) is 0 Å². The normalized spacial score (nSPS) is 25.8. The molecule has 1 fully saturated rings. The first-order valence-corrected chi connectivity index (χ1v) is 6.39. The van der Waals surface area contributed by atoms with Gasteiger partial charge >= 0.3 is 5.97 Å². The molecule has 0 radical (unpaired) electrons. The van der Waals surface area contributed by atoms with Crippen LogP contribution in [0.1, 0.15) is 53.4 Å². The van der Waals surface area contributed by atoms with Crippen LogP contribution < -0.4 is 5.73 Å². The van der Waals surface area contributed by atoms with E-state index < -0.39 is 0 Å². The van der Waals surface area contributed by atoms with Crippen molar-refractivity contribution in [2.24, 2.45) is 11.1 Å². The van der Waals surface area contributed by atoms with Gasteiger partial charge in [-0.25, -0.2) is 0 Å². The molecule has 3 heteroatoms. The van der Waals surface area contributed by atoms with Crippen LogP contribution in [0, 0.1) is 5.41 Å². The first-order valence-electron chi connectivity index (χ1n) is 6.39. The van der Waals surface area contributed by atoms with Crippen LogP contribution in [0.2, 0.25) is 0 Å². The number of esters is 1. The molecule has 0 amide bonds. The van der Waals surface area contributed by atoms with Gasteiger partial charge in [-0.2, -0.15) is 0 Å². The molecule has 98 valence electrons. The molecule has 3 nitrogen and oxygen atoms in total. The third kappa shape index (κ3) is 5.87. The van der Waals surface area contributed by atoms with Crippen molar-refractivity contribution in [3.05, 3.63) is 11.6 Å². The Balaban J connectivity index is 2.44. The van der Waals surface area contributed by atoms with Gasteiger partial charge < -0.3 is 10.5 Å². The van der Waals surface area contributed by atoms with Gasteiger partial charge in [0.2, 0.25) is 0 Å². The number of nitrogens with two attached hydrogens (primary N) is 1. The van der Waals surface area contributed by atoms with E-state index in [1.54, 1.807) is 0 Å². The predicted octanol–water partition coefficient (Wildman–Crippen LogP) is 2.79. The Morgan fingerprint density at radius 2 is 2.18 bits per heavy atom. The first-order chi connectivity index (χ1) is 7.76. The van der Waals surface area contributed by atoms with Crippen LogP contribution in [0.15, 0.2) is 11.6 Å². The lowest BCUT2D eigenvalue weighted by Crippen LogP contribution is -2.26. The van der Waals surface area contributed by atoms with Crippen molar-refractivity contribution in [3.63, 3.8) is 0 Å². The zero-order valence-electron chi connectivity index (χ0n) is 11.5. The zero-order chi connectivity index (χ0) is 13.1. The summed E-state index contributed by atoms with van der Waals surface area (Å²) in [5.74, 6) is -0.112. The zero-order valence-corrected chi connectivity index (χ0v) is 11.5. The summed E-state index contributed by atoms with van der Waals surface area (Å²) in [6, 6.07) is 0.177. The topological polar surface area (TPSA) is 52.3 Å². The summed E-state index contributed by atoms with van der Waals surface area (Å²) >= 11 is 0. The second kappa shape index (κ2) is 5.67. The highest BCUT2D eigenvalue weighted by molar-refractivity contribution is 5.73. The summed E-state index contributed by atoms with van der Waals surface area (Å²) in [5.41, 5.74) is 7.52. The Morgan fingerprint density at radius 3 is 2.71 bits per heavy atom. The molecule has 1 aliphatic heterocycles. The second-order valence-electron chi connectivity index (χ2n) is 6.30. The lowest BCUT2D eigenvalue weighted by molar-refractivity contribution is -0.149. The van der Waals surface area contributed by atoms with Crippen molar-refractivity contribution in [1.82, 2.24) is 0 Å². The minimum atomic E-state index is -0.112. The number of cyclic esters (lactones) is 1. The molecule has 0 spiro atoms. The first kappa shape index (κ1) is 14.2. The average molecular weight is 239 g/mol. The molecular formula is C14H25NO2. The van der Waals surface area contributed by atoms with Crippen molar-refractivity contribution in [1.29, 1.82) is 0 Å². The molecule has 1 aliphatic rings. The fourth-order valence-electron chi connectivity index (χ4n) is 2.28. The molecule has 0 bridgehead atoms. The average Bonchev–Trinajstić information content (AvgIpc) is 2.10. The van der Waals surface area contributed by atoms with Crippen LogP contribution >= 0.6 is 0 Å². The number of hydrogen-bond acceptors (Lipinski definition) is 3. The van der Waals surface area contributed by atoms with E-state index in [2.05, 4.69) is 26.8 Å². The van der Waals surface area contributed by atoms with E-state index >= 15 is 0 Å². The van der Waals surface area contributed by atoms with Crippen LogP contribution in [0.3, 0.4) is 0 Å². The third-order valence-electron chi connectivity index (χ3n) is 2.84. The molecule has 17 heavy (non-hydrogen) atoms. The molecule has 0 aromatic heterocycles. The van der Waals surface area contributed by atoms with Gasteiger partial charge in [0.1, 0.15) is 6.10 Å². The highest BCUT2D eigenvalue weighted by Crippen LogP contribution is 2.24. The summed E-state index contributed by atoms with van der Waals surface area (Å²) < 4.78 is 5.09.